The van der Waals surface area contributed by atoms with Gasteiger partial charge in [0.25, 0.3) is 0 Å². The summed E-state index contributed by atoms with van der Waals surface area (Å²) in [6.07, 6.45) is 2.45. The maximum atomic E-state index is 13.1. The van der Waals surface area contributed by atoms with Crippen molar-refractivity contribution in [2.45, 2.75) is 49.6 Å². The van der Waals surface area contributed by atoms with Crippen molar-refractivity contribution in [1.82, 2.24) is 10.0 Å². The number of halogens is 1. The number of sulfonamides is 1. The number of carbonyl (C=O) groups excluding carboxylic acids is 1. The van der Waals surface area contributed by atoms with E-state index in [0.717, 1.165) is 16.3 Å². The van der Waals surface area contributed by atoms with Crippen molar-refractivity contribution in [3.63, 3.8) is 0 Å². The molecule has 1 fully saturated rings. The number of hydrogen-bond acceptors (Lipinski definition) is 3. The maximum Gasteiger partial charge on any atom is 0.240 e. The molecular weight excluding hydrogens is 427 g/mol. The summed E-state index contributed by atoms with van der Waals surface area (Å²) in [4.78, 5) is 12.9. The predicted molar refractivity (Wildman–Crippen MR) is 123 cm³/mol. The molecular formula is C25H27FN2O3S. The van der Waals surface area contributed by atoms with Crippen LogP contribution in [0.25, 0.3) is 10.8 Å². The molecule has 1 amide bonds. The van der Waals surface area contributed by atoms with Crippen LogP contribution in [-0.4, -0.2) is 20.4 Å². The van der Waals surface area contributed by atoms with E-state index in [2.05, 4.69) is 10.0 Å². The first-order valence-corrected chi connectivity index (χ1v) is 12.4. The first kappa shape index (κ1) is 22.4. The van der Waals surface area contributed by atoms with Gasteiger partial charge in [-0.1, -0.05) is 42.5 Å². The molecule has 7 heteroatoms. The van der Waals surface area contributed by atoms with E-state index in [1.165, 1.54) is 12.1 Å². The molecule has 5 nitrogen and oxygen atoms in total. The monoisotopic (exact) mass is 454 g/mol. The Hall–Kier alpha value is -2.77. The highest BCUT2D eigenvalue weighted by Gasteiger charge is 2.29. The van der Waals surface area contributed by atoms with Gasteiger partial charge in [0.1, 0.15) is 5.82 Å². The molecule has 0 radical (unpaired) electrons. The van der Waals surface area contributed by atoms with E-state index < -0.39 is 10.0 Å². The summed E-state index contributed by atoms with van der Waals surface area (Å²) in [5.74, 6) is -0.506. The van der Waals surface area contributed by atoms with Crippen molar-refractivity contribution in [2.24, 2.45) is 5.92 Å². The topological polar surface area (TPSA) is 75.3 Å². The molecule has 32 heavy (non-hydrogen) atoms. The van der Waals surface area contributed by atoms with Gasteiger partial charge in [-0.05, 0) is 73.2 Å². The first-order chi connectivity index (χ1) is 15.3. The Kier molecular flexibility index (Phi) is 6.58. The molecule has 0 saturated heterocycles. The summed E-state index contributed by atoms with van der Waals surface area (Å²) in [5.41, 5.74) is 0.844. The van der Waals surface area contributed by atoms with Crippen molar-refractivity contribution in [2.75, 3.05) is 0 Å². The van der Waals surface area contributed by atoms with Crippen LogP contribution in [0.5, 0.6) is 0 Å². The molecule has 0 bridgehead atoms. The third kappa shape index (κ3) is 5.16. The number of amides is 1. The van der Waals surface area contributed by atoms with Crippen molar-refractivity contribution in [3.05, 3.63) is 78.1 Å². The number of carbonyl (C=O) groups is 1. The van der Waals surface area contributed by atoms with Gasteiger partial charge in [0, 0.05) is 12.0 Å². The van der Waals surface area contributed by atoms with E-state index in [1.807, 2.05) is 37.3 Å². The number of hydrogen-bond donors (Lipinski definition) is 2. The first-order valence-electron chi connectivity index (χ1n) is 10.9. The summed E-state index contributed by atoms with van der Waals surface area (Å²) in [6.45, 7) is 1.87. The molecule has 3 aromatic rings. The lowest BCUT2D eigenvalue weighted by atomic mass is 9.85. The van der Waals surface area contributed by atoms with Crippen LogP contribution >= 0.6 is 0 Å². The molecule has 3 aromatic carbocycles. The summed E-state index contributed by atoms with van der Waals surface area (Å²) in [6, 6.07) is 18.5. The number of rotatable bonds is 6. The van der Waals surface area contributed by atoms with Gasteiger partial charge in [0.2, 0.25) is 15.9 Å². The fraction of sp³-hybridized carbons (Fsp3) is 0.320. The average molecular weight is 455 g/mol. The Bertz CT molecular complexity index is 1200. The van der Waals surface area contributed by atoms with E-state index in [1.54, 1.807) is 24.3 Å². The van der Waals surface area contributed by atoms with Crippen LogP contribution in [0.2, 0.25) is 0 Å². The van der Waals surface area contributed by atoms with Gasteiger partial charge >= 0.3 is 0 Å². The zero-order valence-electron chi connectivity index (χ0n) is 17.9. The van der Waals surface area contributed by atoms with Gasteiger partial charge in [0.05, 0.1) is 10.9 Å². The second kappa shape index (κ2) is 9.38. The highest BCUT2D eigenvalue weighted by atomic mass is 32.2. The predicted octanol–water partition coefficient (Wildman–Crippen LogP) is 4.69. The van der Waals surface area contributed by atoms with Crippen molar-refractivity contribution >= 4 is 26.7 Å². The lowest BCUT2D eigenvalue weighted by Crippen LogP contribution is -2.41. The van der Waals surface area contributed by atoms with Crippen molar-refractivity contribution < 1.29 is 17.6 Å². The van der Waals surface area contributed by atoms with E-state index in [-0.39, 0.29) is 34.6 Å². The Labute approximate surface area is 188 Å². The normalized spacial score (nSPS) is 20.1. The molecule has 168 valence electrons. The molecule has 0 aliphatic heterocycles. The number of benzene rings is 3. The smallest absolute Gasteiger partial charge is 0.240 e. The summed E-state index contributed by atoms with van der Waals surface area (Å²) in [5, 5.41) is 4.87. The van der Waals surface area contributed by atoms with Crippen LogP contribution in [-0.2, 0) is 14.8 Å². The molecule has 1 aliphatic carbocycles. The van der Waals surface area contributed by atoms with Crippen LogP contribution in [0.4, 0.5) is 4.39 Å². The highest BCUT2D eigenvalue weighted by molar-refractivity contribution is 7.89. The number of nitrogens with one attached hydrogen (secondary N) is 2. The van der Waals surface area contributed by atoms with Crippen LogP contribution in [0, 0.1) is 11.7 Å². The minimum atomic E-state index is -3.63. The lowest BCUT2D eigenvalue weighted by Gasteiger charge is -2.29. The maximum absolute atomic E-state index is 13.1. The Morgan fingerprint density at radius 1 is 0.938 bits per heavy atom. The highest BCUT2D eigenvalue weighted by Crippen LogP contribution is 2.27. The molecule has 1 atom stereocenters. The molecule has 4 rings (SSSR count). The van der Waals surface area contributed by atoms with Crippen molar-refractivity contribution in [1.29, 1.82) is 0 Å². The van der Waals surface area contributed by atoms with Crippen LogP contribution in [0.15, 0.2) is 71.6 Å². The molecule has 0 unspecified atom stereocenters. The van der Waals surface area contributed by atoms with Gasteiger partial charge in [-0.2, -0.15) is 0 Å². The molecule has 0 heterocycles. The number of fused-ring (bicyclic) bond motifs is 1. The largest absolute Gasteiger partial charge is 0.349 e. The summed E-state index contributed by atoms with van der Waals surface area (Å²) >= 11 is 0. The van der Waals surface area contributed by atoms with Crippen LogP contribution in [0.3, 0.4) is 0 Å². The second-order valence-electron chi connectivity index (χ2n) is 8.46. The fourth-order valence-corrected chi connectivity index (χ4v) is 5.60. The van der Waals surface area contributed by atoms with Gasteiger partial charge in [-0.25, -0.2) is 17.5 Å². The fourth-order valence-electron chi connectivity index (χ4n) is 4.26. The average Bonchev–Trinajstić information content (AvgIpc) is 2.79. The van der Waals surface area contributed by atoms with Gasteiger partial charge in [-0.15, -0.1) is 0 Å². The quantitative estimate of drug-likeness (QED) is 0.567. The second-order valence-corrected chi connectivity index (χ2v) is 10.2. The molecule has 1 aliphatic rings. The molecule has 2 N–H and O–H groups in total. The Balaban J connectivity index is 1.32. The third-order valence-corrected chi connectivity index (χ3v) is 7.70. The summed E-state index contributed by atoms with van der Waals surface area (Å²) < 4.78 is 41.6. The Morgan fingerprint density at radius 2 is 1.59 bits per heavy atom. The SMILES string of the molecule is C[C@@H](NC(=O)C1CCC(NS(=O)(=O)c2ccc3ccccc3c2)CC1)c1ccc(F)cc1. The lowest BCUT2D eigenvalue weighted by molar-refractivity contribution is -0.126. The van der Waals surface area contributed by atoms with Crippen molar-refractivity contribution in [3.8, 4) is 0 Å². The van der Waals surface area contributed by atoms with E-state index in [4.69, 9.17) is 0 Å². The molecule has 1 saturated carbocycles. The van der Waals surface area contributed by atoms with Gasteiger partial charge < -0.3 is 5.32 Å². The van der Waals surface area contributed by atoms with E-state index in [0.29, 0.717) is 25.7 Å². The molecule has 0 spiro atoms. The zero-order chi connectivity index (χ0) is 22.7. The molecule has 0 aromatic heterocycles. The standard InChI is InChI=1S/C25H27FN2O3S/c1-17(18-6-11-22(26)12-7-18)27-25(29)20-8-13-23(14-9-20)28-32(30,31)24-15-10-19-4-2-3-5-21(19)16-24/h2-7,10-12,15-17,20,23,28H,8-9,13-14H2,1H3,(H,27,29)/t17-,20?,23?/m1/s1. The minimum absolute atomic E-state index is 0.0438. The van der Waals surface area contributed by atoms with Crippen LogP contribution < -0.4 is 10.0 Å². The van der Waals surface area contributed by atoms with Gasteiger partial charge in [0.15, 0.2) is 0 Å². The minimum Gasteiger partial charge on any atom is -0.349 e. The van der Waals surface area contributed by atoms with Crippen LogP contribution in [0.1, 0.15) is 44.2 Å². The third-order valence-electron chi connectivity index (χ3n) is 6.18. The summed E-state index contributed by atoms with van der Waals surface area (Å²) in [7, 11) is -3.63. The zero-order valence-corrected chi connectivity index (χ0v) is 18.7. The Morgan fingerprint density at radius 3 is 2.28 bits per heavy atom. The van der Waals surface area contributed by atoms with E-state index >= 15 is 0 Å². The van der Waals surface area contributed by atoms with Gasteiger partial charge in [-0.3, -0.25) is 4.79 Å². The van der Waals surface area contributed by atoms with E-state index in [9.17, 15) is 17.6 Å².